The van der Waals surface area contributed by atoms with Crippen LogP contribution in [-0.2, 0) is 6.18 Å². The minimum Gasteiger partial charge on any atom is -0.320 e. The third-order valence-corrected chi connectivity index (χ3v) is 5.57. The number of carbonyl (C=O) groups excluding carboxylic acids is 2. The molecule has 33 heavy (non-hydrogen) atoms. The van der Waals surface area contributed by atoms with E-state index in [0.29, 0.717) is 11.4 Å². The van der Waals surface area contributed by atoms with Crippen molar-refractivity contribution in [2.24, 2.45) is 0 Å². The molecule has 0 spiro atoms. The summed E-state index contributed by atoms with van der Waals surface area (Å²) in [5, 5.41) is 6.98. The number of aryl methyl sites for hydroxylation is 1. The van der Waals surface area contributed by atoms with Gasteiger partial charge in [-0.05, 0) is 56.2 Å². The molecule has 0 unspecified atom stereocenters. The van der Waals surface area contributed by atoms with Crippen molar-refractivity contribution in [2.75, 3.05) is 16.8 Å². The second-order valence-corrected chi connectivity index (χ2v) is 7.74. The average Bonchev–Trinajstić information content (AvgIpc) is 3.20. The van der Waals surface area contributed by atoms with E-state index in [9.17, 15) is 22.8 Å². The van der Waals surface area contributed by atoms with Crippen LogP contribution in [0.5, 0.6) is 0 Å². The number of hydrogen-bond acceptors (Lipinski definition) is 4. The minimum atomic E-state index is -4.47. The van der Waals surface area contributed by atoms with E-state index in [4.69, 9.17) is 0 Å². The van der Waals surface area contributed by atoms with E-state index in [1.807, 2.05) is 20.8 Å². The van der Waals surface area contributed by atoms with Gasteiger partial charge in [-0.3, -0.25) is 19.3 Å². The first-order valence-corrected chi connectivity index (χ1v) is 9.87. The van der Waals surface area contributed by atoms with Crippen LogP contribution in [0, 0.1) is 13.8 Å². The molecule has 3 aromatic rings. The Hall–Kier alpha value is -3.34. The number of rotatable bonds is 3. The number of anilines is 2. The van der Waals surface area contributed by atoms with E-state index in [-0.39, 0.29) is 37.3 Å². The summed E-state index contributed by atoms with van der Waals surface area (Å²) in [5.41, 5.74) is 1.95. The molecule has 1 aromatic carbocycles. The molecule has 1 N–H and O–H groups in total. The van der Waals surface area contributed by atoms with Crippen LogP contribution in [0.3, 0.4) is 0 Å². The average molecular weight is 478 g/mol. The molecule has 3 heterocycles. The topological polar surface area (TPSA) is 80.1 Å². The Morgan fingerprint density at radius 3 is 2.42 bits per heavy atom. The largest absolute Gasteiger partial charge is 0.416 e. The zero-order chi connectivity index (χ0) is 23.2. The Morgan fingerprint density at radius 2 is 1.79 bits per heavy atom. The van der Waals surface area contributed by atoms with Crippen molar-refractivity contribution >= 4 is 36.7 Å². The number of carbonyl (C=O) groups is 2. The van der Waals surface area contributed by atoms with Crippen LogP contribution in [0.4, 0.5) is 24.5 Å². The molecule has 174 valence electrons. The molecule has 7 nitrogen and oxygen atoms in total. The van der Waals surface area contributed by atoms with Gasteiger partial charge in [0.05, 0.1) is 35.2 Å². The van der Waals surface area contributed by atoms with Crippen molar-refractivity contribution in [3.05, 3.63) is 70.8 Å². The lowest BCUT2D eigenvalue weighted by atomic mass is 10.1. The van der Waals surface area contributed by atoms with Gasteiger partial charge >= 0.3 is 6.18 Å². The maximum Gasteiger partial charge on any atom is 0.416 e. The molecule has 4 rings (SSSR count). The first-order valence-electron chi connectivity index (χ1n) is 9.87. The van der Waals surface area contributed by atoms with Crippen LogP contribution < -0.4 is 10.2 Å². The lowest BCUT2D eigenvalue weighted by Crippen LogP contribution is -2.43. The van der Waals surface area contributed by atoms with Gasteiger partial charge in [-0.2, -0.15) is 31.8 Å². The predicted octanol–water partition coefficient (Wildman–Crippen LogP) is 4.50. The van der Waals surface area contributed by atoms with Crippen molar-refractivity contribution in [1.82, 2.24) is 14.8 Å². The number of halogens is 3. The smallest absolute Gasteiger partial charge is 0.320 e. The molecular weight excluding hydrogens is 455 g/mol. The number of benzene rings is 1. The highest BCUT2D eigenvalue weighted by atomic mass is 32.1. The second-order valence-electron chi connectivity index (χ2n) is 7.74. The number of hydrogen-bond donors (Lipinski definition) is 1. The first kappa shape index (κ1) is 24.3. The molecule has 0 fully saturated rings. The van der Waals surface area contributed by atoms with Crippen molar-refractivity contribution in [1.29, 1.82) is 0 Å². The van der Waals surface area contributed by atoms with Gasteiger partial charge in [-0.1, -0.05) is 0 Å². The molecule has 0 radical (unpaired) electrons. The van der Waals surface area contributed by atoms with Crippen molar-refractivity contribution < 1.29 is 22.8 Å². The molecular formula is C22H22F3N5O2S. The summed E-state index contributed by atoms with van der Waals surface area (Å²) in [6.45, 7) is 5.74. The second kappa shape index (κ2) is 8.89. The fraction of sp³-hybridized carbons (Fsp3) is 0.273. The number of alkyl halides is 3. The molecule has 2 aromatic heterocycles. The van der Waals surface area contributed by atoms with Gasteiger partial charge in [0.15, 0.2) is 0 Å². The quantitative estimate of drug-likeness (QED) is 0.603. The molecule has 11 heteroatoms. The molecule has 1 aliphatic rings. The summed E-state index contributed by atoms with van der Waals surface area (Å²) in [6.07, 6.45) is 0.0628. The fourth-order valence-electron chi connectivity index (χ4n) is 3.63. The van der Waals surface area contributed by atoms with Gasteiger partial charge in [-0.25, -0.2) is 0 Å². The molecule has 0 saturated carbocycles. The number of fused-ring (bicyclic) bond motifs is 1. The normalized spacial score (nSPS) is 15.6. The third kappa shape index (κ3) is 4.45. The van der Waals surface area contributed by atoms with Crippen molar-refractivity contribution in [3.63, 3.8) is 0 Å². The van der Waals surface area contributed by atoms with Crippen LogP contribution in [0.15, 0.2) is 42.9 Å². The number of amides is 2. The summed E-state index contributed by atoms with van der Waals surface area (Å²) >= 11 is 0. The molecule has 0 bridgehead atoms. The molecule has 1 aliphatic heterocycles. The lowest BCUT2D eigenvalue weighted by molar-refractivity contribution is -0.137. The van der Waals surface area contributed by atoms with Crippen LogP contribution in [0.1, 0.15) is 50.5 Å². The van der Waals surface area contributed by atoms with Crippen LogP contribution in [-0.4, -0.2) is 33.1 Å². The maximum atomic E-state index is 13.3. The summed E-state index contributed by atoms with van der Waals surface area (Å²) in [7, 11) is 0. The lowest BCUT2D eigenvalue weighted by Gasteiger charge is -2.32. The zero-order valence-corrected chi connectivity index (χ0v) is 19.1. The number of nitrogens with one attached hydrogen (secondary N) is 1. The highest BCUT2D eigenvalue weighted by molar-refractivity contribution is 7.59. The van der Waals surface area contributed by atoms with Gasteiger partial charge in [0.25, 0.3) is 11.8 Å². The van der Waals surface area contributed by atoms with Crippen LogP contribution >= 0.6 is 13.5 Å². The van der Waals surface area contributed by atoms with Gasteiger partial charge in [0, 0.05) is 18.4 Å². The van der Waals surface area contributed by atoms with Crippen LogP contribution in [0.2, 0.25) is 0 Å². The Labute approximate surface area is 195 Å². The Kier molecular flexibility index (Phi) is 6.55. The maximum absolute atomic E-state index is 13.3. The summed E-state index contributed by atoms with van der Waals surface area (Å²) in [4.78, 5) is 31.7. The van der Waals surface area contributed by atoms with Gasteiger partial charge in [0.2, 0.25) is 0 Å². The SMILES string of the molecule is Cc1cncc(NC(=O)c2cnn3c2C(=O)N(c2ccc(C(F)(F)F)cc2)C[C@@H]3C)c1C.S. The number of aromatic nitrogens is 3. The minimum absolute atomic E-state index is 0. The monoisotopic (exact) mass is 477 g/mol. The summed E-state index contributed by atoms with van der Waals surface area (Å²) < 4.78 is 40.1. The standard InChI is InChI=1S/C22H20F3N5O2.H2S/c1-12-8-26-10-18(14(12)3)28-20(31)17-9-27-30-13(2)11-29(21(32)19(17)30)16-6-4-15(5-7-16)22(23,24)25;/h4-10,13H,11H2,1-3H3,(H,28,31);1H2/t13-;/m0./s1. The molecule has 1 atom stereocenters. The van der Waals surface area contributed by atoms with Gasteiger partial charge in [0.1, 0.15) is 5.69 Å². The highest BCUT2D eigenvalue weighted by Gasteiger charge is 2.36. The van der Waals surface area contributed by atoms with E-state index < -0.39 is 23.6 Å². The summed E-state index contributed by atoms with van der Waals surface area (Å²) in [5.74, 6) is -1.03. The number of nitrogens with zero attached hydrogens (tertiary/aromatic N) is 4. The fourth-order valence-corrected chi connectivity index (χ4v) is 3.63. The number of pyridine rings is 1. The Balaban J connectivity index is 0.00000306. The van der Waals surface area contributed by atoms with Crippen molar-refractivity contribution in [2.45, 2.75) is 33.0 Å². The van der Waals surface area contributed by atoms with E-state index >= 15 is 0 Å². The first-order chi connectivity index (χ1) is 15.1. The molecule has 0 saturated heterocycles. The van der Waals surface area contributed by atoms with E-state index in [0.717, 1.165) is 23.3 Å². The van der Waals surface area contributed by atoms with Gasteiger partial charge in [-0.15, -0.1) is 0 Å². The van der Waals surface area contributed by atoms with E-state index in [1.165, 1.54) is 34.1 Å². The van der Waals surface area contributed by atoms with Crippen molar-refractivity contribution in [3.8, 4) is 0 Å². The Morgan fingerprint density at radius 1 is 1.12 bits per heavy atom. The van der Waals surface area contributed by atoms with Gasteiger partial charge < -0.3 is 10.2 Å². The molecule has 0 aliphatic carbocycles. The third-order valence-electron chi connectivity index (χ3n) is 5.57. The highest BCUT2D eigenvalue weighted by Crippen LogP contribution is 2.33. The van der Waals surface area contributed by atoms with E-state index in [2.05, 4.69) is 15.4 Å². The molecule has 2 amide bonds. The van der Waals surface area contributed by atoms with E-state index in [1.54, 1.807) is 6.20 Å². The van der Waals surface area contributed by atoms with Crippen LogP contribution in [0.25, 0.3) is 0 Å². The zero-order valence-electron chi connectivity index (χ0n) is 18.1. The predicted molar refractivity (Wildman–Crippen MR) is 122 cm³/mol. The summed E-state index contributed by atoms with van der Waals surface area (Å²) in [6, 6.07) is 4.08. The Bertz CT molecular complexity index is 1210.